The first kappa shape index (κ1) is 21.2. The maximum Gasteiger partial charge on any atom is 0.228 e. The van der Waals surface area contributed by atoms with Gasteiger partial charge in [-0.2, -0.15) is 4.98 Å². The van der Waals surface area contributed by atoms with Crippen molar-refractivity contribution in [2.75, 3.05) is 26.2 Å². The van der Waals surface area contributed by atoms with Crippen LogP contribution in [0.5, 0.6) is 0 Å². The summed E-state index contributed by atoms with van der Waals surface area (Å²) in [7, 11) is 0. The Hall–Kier alpha value is -2.48. The van der Waals surface area contributed by atoms with Gasteiger partial charge in [0.1, 0.15) is 0 Å². The standard InChI is InChI=1S/C21H33N7O/c1-4-22-21(24-12-8-19-26-20(16(2)3)27-29-19)25-17-9-13-28(14-10-17)15-18-7-5-6-11-23-18/h5-7,11,16-17H,4,8-10,12-15H2,1-3H3,(H2,22,24,25). The SMILES string of the molecule is CCNC(=NCCc1nc(C(C)C)no1)NC1CCN(Cc2ccccn2)CC1. The fraction of sp³-hybridized carbons (Fsp3) is 0.619. The van der Waals surface area contributed by atoms with Crippen molar-refractivity contribution in [1.82, 2.24) is 30.7 Å². The normalized spacial score (nSPS) is 16.3. The third kappa shape index (κ3) is 6.81. The summed E-state index contributed by atoms with van der Waals surface area (Å²) in [5.41, 5.74) is 1.13. The lowest BCUT2D eigenvalue weighted by Gasteiger charge is -2.32. The Morgan fingerprint density at radius 1 is 1.31 bits per heavy atom. The molecule has 3 rings (SSSR count). The number of likely N-dealkylation sites (tertiary alicyclic amines) is 1. The Morgan fingerprint density at radius 2 is 2.14 bits per heavy atom. The molecule has 2 aromatic rings. The first-order chi connectivity index (χ1) is 14.1. The molecule has 8 heteroatoms. The number of nitrogens with one attached hydrogen (secondary N) is 2. The molecule has 0 spiro atoms. The molecule has 0 unspecified atom stereocenters. The molecule has 1 aliphatic rings. The molecule has 0 amide bonds. The molecule has 3 heterocycles. The second-order valence-corrected chi connectivity index (χ2v) is 7.73. The number of aromatic nitrogens is 3. The summed E-state index contributed by atoms with van der Waals surface area (Å²) in [5.74, 6) is 2.54. The fourth-order valence-corrected chi connectivity index (χ4v) is 3.34. The third-order valence-electron chi connectivity index (χ3n) is 4.98. The van der Waals surface area contributed by atoms with Crippen LogP contribution in [0.2, 0.25) is 0 Å². The molecule has 0 radical (unpaired) electrons. The zero-order chi connectivity index (χ0) is 20.5. The summed E-state index contributed by atoms with van der Waals surface area (Å²) in [4.78, 5) is 16.0. The van der Waals surface area contributed by atoms with Crippen LogP contribution < -0.4 is 10.6 Å². The number of nitrogens with zero attached hydrogens (tertiary/aromatic N) is 5. The average Bonchev–Trinajstić information content (AvgIpc) is 3.20. The van der Waals surface area contributed by atoms with Gasteiger partial charge in [-0.3, -0.25) is 14.9 Å². The molecule has 0 aromatic carbocycles. The first-order valence-corrected chi connectivity index (χ1v) is 10.6. The number of pyridine rings is 1. The van der Waals surface area contributed by atoms with Gasteiger partial charge in [-0.25, -0.2) is 0 Å². The third-order valence-corrected chi connectivity index (χ3v) is 4.98. The van der Waals surface area contributed by atoms with Crippen molar-refractivity contribution in [3.63, 3.8) is 0 Å². The zero-order valence-electron chi connectivity index (χ0n) is 17.8. The Bertz CT molecular complexity index is 751. The highest BCUT2D eigenvalue weighted by atomic mass is 16.5. The van der Waals surface area contributed by atoms with E-state index in [9.17, 15) is 0 Å². The molecule has 0 bridgehead atoms. The molecule has 0 atom stereocenters. The van der Waals surface area contributed by atoms with Gasteiger partial charge >= 0.3 is 0 Å². The average molecular weight is 400 g/mol. The van der Waals surface area contributed by atoms with E-state index < -0.39 is 0 Å². The lowest BCUT2D eigenvalue weighted by atomic mass is 10.0. The highest BCUT2D eigenvalue weighted by Gasteiger charge is 2.20. The molecular weight excluding hydrogens is 366 g/mol. The number of guanidine groups is 1. The number of hydrogen-bond donors (Lipinski definition) is 2. The Kier molecular flexibility index (Phi) is 7.98. The minimum atomic E-state index is 0.276. The molecule has 2 aromatic heterocycles. The van der Waals surface area contributed by atoms with Crippen LogP contribution in [0.1, 0.15) is 56.9 Å². The van der Waals surface area contributed by atoms with Crippen molar-refractivity contribution < 1.29 is 4.52 Å². The smallest absolute Gasteiger partial charge is 0.228 e. The van der Waals surface area contributed by atoms with Gasteiger partial charge in [0, 0.05) is 50.8 Å². The van der Waals surface area contributed by atoms with E-state index in [2.05, 4.69) is 62.5 Å². The topological polar surface area (TPSA) is 91.5 Å². The summed E-state index contributed by atoms with van der Waals surface area (Å²) < 4.78 is 5.30. The molecule has 1 aliphatic heterocycles. The van der Waals surface area contributed by atoms with Crippen molar-refractivity contribution in [2.24, 2.45) is 4.99 Å². The second-order valence-electron chi connectivity index (χ2n) is 7.73. The minimum absolute atomic E-state index is 0.276. The summed E-state index contributed by atoms with van der Waals surface area (Å²) in [6.07, 6.45) is 4.71. The Labute approximate surface area is 173 Å². The fourth-order valence-electron chi connectivity index (χ4n) is 3.34. The van der Waals surface area contributed by atoms with Crippen LogP contribution in [0.15, 0.2) is 33.9 Å². The summed E-state index contributed by atoms with van der Waals surface area (Å²) in [6, 6.07) is 6.54. The van der Waals surface area contributed by atoms with Crippen molar-refractivity contribution in [3.8, 4) is 0 Å². The monoisotopic (exact) mass is 399 g/mol. The molecule has 2 N–H and O–H groups in total. The van der Waals surface area contributed by atoms with E-state index in [1.165, 1.54) is 0 Å². The maximum atomic E-state index is 5.30. The molecule has 158 valence electrons. The van der Waals surface area contributed by atoms with E-state index in [0.29, 0.717) is 24.9 Å². The number of hydrogen-bond acceptors (Lipinski definition) is 6. The molecule has 0 saturated carbocycles. The first-order valence-electron chi connectivity index (χ1n) is 10.6. The quantitative estimate of drug-likeness (QED) is 0.520. The predicted molar refractivity (Wildman–Crippen MR) is 114 cm³/mol. The molecule has 8 nitrogen and oxygen atoms in total. The van der Waals surface area contributed by atoms with Crippen LogP contribution in [0.25, 0.3) is 0 Å². The van der Waals surface area contributed by atoms with Gasteiger partial charge in [0.15, 0.2) is 11.8 Å². The molecular formula is C21H33N7O. The minimum Gasteiger partial charge on any atom is -0.357 e. The van der Waals surface area contributed by atoms with Crippen LogP contribution in [0.3, 0.4) is 0 Å². The van der Waals surface area contributed by atoms with E-state index in [-0.39, 0.29) is 5.92 Å². The van der Waals surface area contributed by atoms with E-state index in [0.717, 1.165) is 56.5 Å². The van der Waals surface area contributed by atoms with Gasteiger partial charge in [-0.15, -0.1) is 0 Å². The van der Waals surface area contributed by atoms with Crippen LogP contribution in [0.4, 0.5) is 0 Å². The van der Waals surface area contributed by atoms with Gasteiger partial charge in [0.2, 0.25) is 5.89 Å². The maximum absolute atomic E-state index is 5.30. The zero-order valence-corrected chi connectivity index (χ0v) is 17.8. The Balaban J connectivity index is 1.44. The number of aliphatic imine (C=N–C) groups is 1. The van der Waals surface area contributed by atoms with E-state index >= 15 is 0 Å². The lowest BCUT2D eigenvalue weighted by Crippen LogP contribution is -2.48. The van der Waals surface area contributed by atoms with Gasteiger partial charge in [-0.05, 0) is 31.9 Å². The van der Waals surface area contributed by atoms with Crippen LogP contribution in [0, 0.1) is 0 Å². The van der Waals surface area contributed by atoms with Crippen molar-refractivity contribution in [2.45, 2.75) is 58.5 Å². The highest BCUT2D eigenvalue weighted by molar-refractivity contribution is 5.80. The van der Waals surface area contributed by atoms with Crippen molar-refractivity contribution in [1.29, 1.82) is 0 Å². The van der Waals surface area contributed by atoms with Gasteiger partial charge in [0.05, 0.1) is 12.2 Å². The predicted octanol–water partition coefficient (Wildman–Crippen LogP) is 2.35. The largest absolute Gasteiger partial charge is 0.357 e. The lowest BCUT2D eigenvalue weighted by molar-refractivity contribution is 0.196. The number of rotatable bonds is 8. The van der Waals surface area contributed by atoms with Gasteiger partial charge < -0.3 is 15.2 Å². The summed E-state index contributed by atoms with van der Waals surface area (Å²) in [5, 5.41) is 10.9. The van der Waals surface area contributed by atoms with Gasteiger partial charge in [-0.1, -0.05) is 25.1 Å². The molecule has 29 heavy (non-hydrogen) atoms. The van der Waals surface area contributed by atoms with Crippen molar-refractivity contribution >= 4 is 5.96 Å². The molecule has 1 fully saturated rings. The number of piperidine rings is 1. The summed E-state index contributed by atoms with van der Waals surface area (Å²) >= 11 is 0. The summed E-state index contributed by atoms with van der Waals surface area (Å²) in [6.45, 7) is 10.7. The van der Waals surface area contributed by atoms with Gasteiger partial charge in [0.25, 0.3) is 0 Å². The second kappa shape index (κ2) is 10.9. The van der Waals surface area contributed by atoms with Crippen molar-refractivity contribution in [3.05, 3.63) is 41.8 Å². The van der Waals surface area contributed by atoms with Crippen LogP contribution in [-0.4, -0.2) is 58.2 Å². The highest BCUT2D eigenvalue weighted by Crippen LogP contribution is 2.13. The molecule has 0 aliphatic carbocycles. The van der Waals surface area contributed by atoms with Crippen LogP contribution in [-0.2, 0) is 13.0 Å². The molecule has 1 saturated heterocycles. The Morgan fingerprint density at radius 3 is 2.79 bits per heavy atom. The van der Waals surface area contributed by atoms with E-state index in [1.54, 1.807) is 0 Å². The van der Waals surface area contributed by atoms with E-state index in [1.807, 2.05) is 18.3 Å². The van der Waals surface area contributed by atoms with Crippen LogP contribution >= 0.6 is 0 Å². The van der Waals surface area contributed by atoms with E-state index in [4.69, 9.17) is 4.52 Å².